The molecule has 7 nitrogen and oxygen atoms in total. The second-order valence-corrected chi connectivity index (χ2v) is 8.04. The second-order valence-electron chi connectivity index (χ2n) is 6.94. The third kappa shape index (κ3) is 4.26. The summed E-state index contributed by atoms with van der Waals surface area (Å²) in [6.45, 7) is 3.81. The Morgan fingerprint density at radius 2 is 1.84 bits per heavy atom. The molecule has 12 heteroatoms. The molecule has 0 unspecified atom stereocenters. The molecule has 0 N–H and O–H groups in total. The number of hydrogen-bond acceptors (Lipinski definition) is 5. The molecule has 0 radical (unpaired) electrons. The van der Waals surface area contributed by atoms with Crippen LogP contribution >= 0.6 is 11.3 Å². The van der Waals surface area contributed by atoms with Crippen LogP contribution in [0.15, 0.2) is 29.4 Å². The SMILES string of the molecule is CCOCc1cn(-c2ccc3c(c2)OC(F)(F)C(F)(F)O3)c(=NC(=O)N2CCCC2)s1. The van der Waals surface area contributed by atoms with Gasteiger partial charge in [0.1, 0.15) is 0 Å². The van der Waals surface area contributed by atoms with E-state index >= 15 is 0 Å². The normalized spacial score (nSPS) is 19.6. The van der Waals surface area contributed by atoms with Gasteiger partial charge in [0.05, 0.1) is 17.2 Å². The number of thiazole rings is 1. The molecular weight excluding hydrogens is 442 g/mol. The Labute approximate surface area is 178 Å². The van der Waals surface area contributed by atoms with Crippen molar-refractivity contribution >= 4 is 17.4 Å². The molecule has 2 aromatic rings. The van der Waals surface area contributed by atoms with Crippen LogP contribution < -0.4 is 14.3 Å². The van der Waals surface area contributed by atoms with Crippen molar-refractivity contribution in [2.45, 2.75) is 38.6 Å². The maximum Gasteiger partial charge on any atom is 0.507 e. The highest BCUT2D eigenvalue weighted by atomic mass is 32.1. The zero-order valence-corrected chi connectivity index (χ0v) is 17.3. The highest BCUT2D eigenvalue weighted by molar-refractivity contribution is 7.09. The summed E-state index contributed by atoms with van der Waals surface area (Å²) < 4.78 is 69.2. The van der Waals surface area contributed by atoms with Gasteiger partial charge in [-0.2, -0.15) is 22.6 Å². The van der Waals surface area contributed by atoms with Gasteiger partial charge in [0.25, 0.3) is 0 Å². The molecule has 31 heavy (non-hydrogen) atoms. The van der Waals surface area contributed by atoms with Gasteiger partial charge in [-0.05, 0) is 31.9 Å². The molecule has 1 saturated heterocycles. The van der Waals surface area contributed by atoms with E-state index < -0.39 is 29.7 Å². The number of benzene rings is 1. The number of likely N-dealkylation sites (tertiary alicyclic amines) is 1. The van der Waals surface area contributed by atoms with E-state index in [-0.39, 0.29) is 12.3 Å². The number of nitrogens with zero attached hydrogens (tertiary/aromatic N) is 3. The third-order valence-corrected chi connectivity index (χ3v) is 5.69. The minimum absolute atomic E-state index is 0.267. The number of fused-ring (bicyclic) bond motifs is 1. The van der Waals surface area contributed by atoms with Crippen LogP contribution in [-0.4, -0.2) is 47.4 Å². The lowest BCUT2D eigenvalue weighted by Crippen LogP contribution is -2.52. The van der Waals surface area contributed by atoms with Crippen LogP contribution in [-0.2, 0) is 11.3 Å². The number of amides is 2. The molecule has 4 rings (SSSR count). The number of halogens is 4. The first-order valence-electron chi connectivity index (χ1n) is 9.61. The van der Waals surface area contributed by atoms with Gasteiger partial charge in [0.15, 0.2) is 16.3 Å². The van der Waals surface area contributed by atoms with Crippen molar-refractivity contribution in [1.82, 2.24) is 9.47 Å². The number of aromatic nitrogens is 1. The maximum atomic E-state index is 13.6. The number of urea groups is 1. The van der Waals surface area contributed by atoms with Gasteiger partial charge in [0, 0.05) is 32.0 Å². The first kappa shape index (κ1) is 21.6. The van der Waals surface area contributed by atoms with Crippen LogP contribution in [0.2, 0.25) is 0 Å². The minimum atomic E-state index is -4.82. The van der Waals surface area contributed by atoms with E-state index in [1.165, 1.54) is 22.0 Å². The van der Waals surface area contributed by atoms with E-state index in [1.54, 1.807) is 11.1 Å². The molecule has 0 spiro atoms. The predicted octanol–water partition coefficient (Wildman–Crippen LogP) is 4.15. The average molecular weight is 461 g/mol. The molecule has 1 fully saturated rings. The highest BCUT2D eigenvalue weighted by Crippen LogP contribution is 2.47. The minimum Gasteiger partial charge on any atom is -0.421 e. The summed E-state index contributed by atoms with van der Waals surface area (Å²) in [7, 11) is 0. The summed E-state index contributed by atoms with van der Waals surface area (Å²) in [5.74, 6) is -1.06. The lowest BCUT2D eigenvalue weighted by atomic mass is 10.2. The number of carbonyl (C=O) groups is 1. The first-order chi connectivity index (χ1) is 14.7. The van der Waals surface area contributed by atoms with Crippen LogP contribution in [0.1, 0.15) is 24.6 Å². The fourth-order valence-corrected chi connectivity index (χ4v) is 4.10. The zero-order valence-electron chi connectivity index (χ0n) is 16.4. The molecule has 2 aliphatic heterocycles. The molecule has 0 bridgehead atoms. The molecule has 0 aliphatic carbocycles. The van der Waals surface area contributed by atoms with Crippen molar-refractivity contribution in [3.63, 3.8) is 0 Å². The van der Waals surface area contributed by atoms with Crippen molar-refractivity contribution in [2.24, 2.45) is 4.99 Å². The summed E-state index contributed by atoms with van der Waals surface area (Å²) >= 11 is 1.20. The van der Waals surface area contributed by atoms with Crippen molar-refractivity contribution in [2.75, 3.05) is 19.7 Å². The Kier molecular flexibility index (Phi) is 5.69. The predicted molar refractivity (Wildman–Crippen MR) is 102 cm³/mol. The number of ether oxygens (including phenoxy) is 3. The molecule has 168 valence electrons. The fraction of sp³-hybridized carbons (Fsp3) is 0.474. The lowest BCUT2D eigenvalue weighted by Gasteiger charge is -2.31. The van der Waals surface area contributed by atoms with E-state index in [9.17, 15) is 22.4 Å². The fourth-order valence-electron chi connectivity index (χ4n) is 3.19. The van der Waals surface area contributed by atoms with Crippen LogP contribution in [0.3, 0.4) is 0 Å². The van der Waals surface area contributed by atoms with Crippen molar-refractivity contribution in [3.05, 3.63) is 34.1 Å². The first-order valence-corrected chi connectivity index (χ1v) is 10.4. The van der Waals surface area contributed by atoms with Crippen LogP contribution in [0.25, 0.3) is 5.69 Å². The quantitative estimate of drug-likeness (QED) is 0.642. The molecule has 0 saturated carbocycles. The highest BCUT2D eigenvalue weighted by Gasteiger charge is 2.65. The van der Waals surface area contributed by atoms with Crippen molar-refractivity contribution in [1.29, 1.82) is 0 Å². The summed E-state index contributed by atoms with van der Waals surface area (Å²) in [6.07, 6.45) is -6.15. The Bertz CT molecular complexity index is 1050. The van der Waals surface area contributed by atoms with E-state index in [0.717, 1.165) is 29.9 Å². The molecule has 2 amide bonds. The van der Waals surface area contributed by atoms with Gasteiger partial charge in [-0.1, -0.05) is 11.3 Å². The van der Waals surface area contributed by atoms with E-state index in [0.29, 0.717) is 24.5 Å². The van der Waals surface area contributed by atoms with Gasteiger partial charge in [-0.15, -0.1) is 0 Å². The van der Waals surface area contributed by atoms with Gasteiger partial charge < -0.3 is 19.1 Å². The van der Waals surface area contributed by atoms with Crippen molar-refractivity contribution in [3.8, 4) is 17.2 Å². The number of carbonyl (C=O) groups excluding carboxylic acids is 1. The number of rotatable bonds is 4. The molecular formula is C19H19F4N3O4S. The van der Waals surface area contributed by atoms with Gasteiger partial charge >= 0.3 is 18.2 Å². The Hall–Kier alpha value is -2.60. The summed E-state index contributed by atoms with van der Waals surface area (Å²) in [5, 5.41) is 0. The van der Waals surface area contributed by atoms with E-state index in [1.807, 2.05) is 6.92 Å². The summed E-state index contributed by atoms with van der Waals surface area (Å²) in [4.78, 5) is 19.3. The third-order valence-electron chi connectivity index (χ3n) is 4.74. The Morgan fingerprint density at radius 3 is 2.52 bits per heavy atom. The monoisotopic (exact) mass is 461 g/mol. The van der Waals surface area contributed by atoms with Gasteiger partial charge in [0.2, 0.25) is 0 Å². The summed E-state index contributed by atoms with van der Waals surface area (Å²) in [5.41, 5.74) is 0.287. The molecule has 1 aromatic carbocycles. The largest absolute Gasteiger partial charge is 0.507 e. The standard InChI is InChI=1S/C19H19F4N3O4S/c1-2-28-11-13-10-26(17(31-13)24-16(27)25-7-3-4-8-25)12-5-6-14-15(9-12)30-19(22,23)18(20,21)29-14/h5-6,9-10H,2-4,7-8,11H2,1H3. The molecule has 1 aromatic heterocycles. The van der Waals surface area contributed by atoms with Crippen LogP contribution in [0.5, 0.6) is 11.5 Å². The van der Waals surface area contributed by atoms with Gasteiger partial charge in [-0.25, -0.2) is 4.79 Å². The van der Waals surface area contributed by atoms with Crippen LogP contribution in [0, 0.1) is 0 Å². The van der Waals surface area contributed by atoms with E-state index in [2.05, 4.69) is 14.5 Å². The van der Waals surface area contributed by atoms with Crippen molar-refractivity contribution < 1.29 is 36.6 Å². The topological polar surface area (TPSA) is 65.3 Å². The maximum absolute atomic E-state index is 13.6. The Balaban J connectivity index is 1.73. The van der Waals surface area contributed by atoms with Crippen LogP contribution in [0.4, 0.5) is 22.4 Å². The average Bonchev–Trinajstić information content (AvgIpc) is 3.37. The molecule has 0 atom stereocenters. The molecule has 2 aliphatic rings. The second kappa shape index (κ2) is 8.15. The summed E-state index contributed by atoms with van der Waals surface area (Å²) in [6, 6.07) is 3.22. The smallest absolute Gasteiger partial charge is 0.421 e. The number of hydrogen-bond donors (Lipinski definition) is 0. The Morgan fingerprint density at radius 1 is 1.16 bits per heavy atom. The van der Waals surface area contributed by atoms with Gasteiger partial charge in [-0.3, -0.25) is 4.57 Å². The lowest BCUT2D eigenvalue weighted by molar-refractivity contribution is -0.391. The number of alkyl halides is 4. The molecule has 3 heterocycles. The van der Waals surface area contributed by atoms with E-state index in [4.69, 9.17) is 4.74 Å². The zero-order chi connectivity index (χ0) is 22.2.